The predicted octanol–water partition coefficient (Wildman–Crippen LogP) is 4.15. The Labute approximate surface area is 150 Å². The SMILES string of the molecule is C=C/C=C(\C=C)CNC(=O)C(CC)Oc1ccc(C#N)c(C(F)(F)F)c1. The number of amides is 1. The first-order valence-electron chi connectivity index (χ1n) is 7.76. The number of carbonyl (C=O) groups excluding carboxylic acids is 1. The van der Waals surface area contributed by atoms with E-state index in [2.05, 4.69) is 18.5 Å². The van der Waals surface area contributed by atoms with Crippen LogP contribution in [0.5, 0.6) is 5.75 Å². The normalized spacial score (nSPS) is 12.7. The van der Waals surface area contributed by atoms with Crippen molar-refractivity contribution in [2.24, 2.45) is 0 Å². The van der Waals surface area contributed by atoms with Gasteiger partial charge in [0.1, 0.15) is 5.75 Å². The second-order valence-corrected chi connectivity index (χ2v) is 5.23. The minimum atomic E-state index is -4.69. The second kappa shape index (κ2) is 9.47. The van der Waals surface area contributed by atoms with E-state index in [4.69, 9.17) is 10.00 Å². The predicted molar refractivity (Wildman–Crippen MR) is 92.4 cm³/mol. The van der Waals surface area contributed by atoms with Gasteiger partial charge >= 0.3 is 6.18 Å². The van der Waals surface area contributed by atoms with Crippen LogP contribution in [0.1, 0.15) is 24.5 Å². The molecule has 1 amide bonds. The molecule has 4 nitrogen and oxygen atoms in total. The van der Waals surface area contributed by atoms with Gasteiger partial charge in [-0.3, -0.25) is 4.79 Å². The zero-order valence-electron chi connectivity index (χ0n) is 14.3. The van der Waals surface area contributed by atoms with Crippen molar-refractivity contribution in [3.05, 3.63) is 66.3 Å². The van der Waals surface area contributed by atoms with Crippen molar-refractivity contribution in [1.29, 1.82) is 5.26 Å². The first-order valence-corrected chi connectivity index (χ1v) is 7.76. The Hall–Kier alpha value is -3.01. The topological polar surface area (TPSA) is 62.1 Å². The number of allylic oxidation sites excluding steroid dienone is 2. The summed E-state index contributed by atoms with van der Waals surface area (Å²) in [7, 11) is 0. The van der Waals surface area contributed by atoms with Crippen LogP contribution in [0.2, 0.25) is 0 Å². The number of hydrogen-bond donors (Lipinski definition) is 1. The van der Waals surface area contributed by atoms with Crippen molar-refractivity contribution >= 4 is 5.91 Å². The Morgan fingerprint density at radius 3 is 2.62 bits per heavy atom. The molecule has 1 unspecified atom stereocenters. The van der Waals surface area contributed by atoms with E-state index in [1.807, 2.05) is 0 Å². The summed E-state index contributed by atoms with van der Waals surface area (Å²) in [6, 6.07) is 4.47. The molecule has 0 aliphatic rings. The van der Waals surface area contributed by atoms with Crippen LogP contribution < -0.4 is 10.1 Å². The average Bonchev–Trinajstić information content (AvgIpc) is 2.61. The molecule has 0 saturated heterocycles. The summed E-state index contributed by atoms with van der Waals surface area (Å²) in [5, 5.41) is 11.4. The van der Waals surface area contributed by atoms with E-state index in [1.165, 1.54) is 12.1 Å². The largest absolute Gasteiger partial charge is 0.481 e. The van der Waals surface area contributed by atoms with Crippen LogP contribution >= 0.6 is 0 Å². The number of nitriles is 1. The van der Waals surface area contributed by atoms with Crippen molar-refractivity contribution in [2.75, 3.05) is 6.54 Å². The lowest BCUT2D eigenvalue weighted by Crippen LogP contribution is -2.38. The van der Waals surface area contributed by atoms with Gasteiger partial charge in [0.05, 0.1) is 17.2 Å². The first kappa shape index (κ1) is 21.0. The van der Waals surface area contributed by atoms with Crippen molar-refractivity contribution in [1.82, 2.24) is 5.32 Å². The summed E-state index contributed by atoms with van der Waals surface area (Å²) < 4.78 is 44.4. The fourth-order valence-electron chi connectivity index (χ4n) is 2.07. The van der Waals surface area contributed by atoms with Gasteiger partial charge in [-0.05, 0) is 30.2 Å². The lowest BCUT2D eigenvalue weighted by Gasteiger charge is -2.19. The number of carbonyl (C=O) groups is 1. The van der Waals surface area contributed by atoms with Crippen LogP contribution in [0.25, 0.3) is 0 Å². The molecule has 138 valence electrons. The van der Waals surface area contributed by atoms with Gasteiger partial charge in [0.25, 0.3) is 5.91 Å². The zero-order valence-corrected chi connectivity index (χ0v) is 14.3. The van der Waals surface area contributed by atoms with Crippen molar-refractivity contribution < 1.29 is 22.7 Å². The van der Waals surface area contributed by atoms with Gasteiger partial charge in [-0.1, -0.05) is 38.3 Å². The van der Waals surface area contributed by atoms with Crippen molar-refractivity contribution in [3.63, 3.8) is 0 Å². The van der Waals surface area contributed by atoms with E-state index in [0.717, 1.165) is 17.7 Å². The van der Waals surface area contributed by atoms with Crippen molar-refractivity contribution in [3.8, 4) is 11.8 Å². The molecule has 0 aromatic heterocycles. The van der Waals surface area contributed by atoms with Gasteiger partial charge in [0.2, 0.25) is 0 Å². The van der Waals surface area contributed by atoms with Crippen LogP contribution in [0.4, 0.5) is 13.2 Å². The minimum absolute atomic E-state index is 0.135. The van der Waals surface area contributed by atoms with Crippen LogP contribution in [-0.4, -0.2) is 18.6 Å². The Morgan fingerprint density at radius 1 is 1.42 bits per heavy atom. The van der Waals surface area contributed by atoms with Gasteiger partial charge < -0.3 is 10.1 Å². The Bertz CT molecular complexity index is 746. The molecule has 0 spiro atoms. The van der Waals surface area contributed by atoms with Crippen LogP contribution in [0.15, 0.2) is 55.2 Å². The average molecular weight is 364 g/mol. The third-order valence-corrected chi connectivity index (χ3v) is 3.42. The van der Waals surface area contributed by atoms with Gasteiger partial charge in [-0.15, -0.1) is 0 Å². The molecule has 1 aromatic rings. The quantitative estimate of drug-likeness (QED) is 0.705. The Kier molecular flexibility index (Phi) is 7.66. The number of ether oxygens (including phenoxy) is 1. The van der Waals surface area contributed by atoms with Gasteiger partial charge in [-0.2, -0.15) is 18.4 Å². The minimum Gasteiger partial charge on any atom is -0.481 e. The molecule has 0 aliphatic carbocycles. The molecule has 1 rings (SSSR count). The number of benzene rings is 1. The zero-order chi connectivity index (χ0) is 19.7. The fraction of sp³-hybridized carbons (Fsp3) is 0.263. The van der Waals surface area contributed by atoms with Crippen LogP contribution in [-0.2, 0) is 11.0 Å². The number of nitrogens with one attached hydrogen (secondary N) is 1. The molecule has 1 atom stereocenters. The summed E-state index contributed by atoms with van der Waals surface area (Å²) in [4.78, 5) is 12.2. The highest BCUT2D eigenvalue weighted by atomic mass is 19.4. The van der Waals surface area contributed by atoms with E-state index in [-0.39, 0.29) is 18.7 Å². The number of halogens is 3. The second-order valence-electron chi connectivity index (χ2n) is 5.23. The molecule has 0 aliphatic heterocycles. The maximum absolute atomic E-state index is 13.0. The first-order chi connectivity index (χ1) is 12.3. The van der Waals surface area contributed by atoms with Gasteiger partial charge in [-0.25, -0.2) is 0 Å². The molecule has 1 aromatic carbocycles. The molecule has 0 heterocycles. The summed E-state index contributed by atoms with van der Waals surface area (Å²) in [5.74, 6) is -0.605. The maximum Gasteiger partial charge on any atom is 0.417 e. The summed E-state index contributed by atoms with van der Waals surface area (Å²) in [6.45, 7) is 9.02. The molecule has 0 fully saturated rings. The van der Waals surface area contributed by atoms with E-state index < -0.39 is 29.3 Å². The summed E-state index contributed by atoms with van der Waals surface area (Å²) >= 11 is 0. The monoisotopic (exact) mass is 364 g/mol. The fourth-order valence-corrected chi connectivity index (χ4v) is 2.07. The van der Waals surface area contributed by atoms with E-state index in [1.54, 1.807) is 25.2 Å². The molecule has 7 heteroatoms. The lowest BCUT2D eigenvalue weighted by atomic mass is 10.1. The molecule has 0 saturated carbocycles. The number of hydrogen-bond acceptors (Lipinski definition) is 3. The Morgan fingerprint density at radius 2 is 2.12 bits per heavy atom. The lowest BCUT2D eigenvalue weighted by molar-refractivity contribution is -0.137. The number of nitrogens with zero attached hydrogens (tertiary/aromatic N) is 1. The molecule has 0 bridgehead atoms. The van der Waals surface area contributed by atoms with E-state index in [0.29, 0.717) is 0 Å². The van der Waals surface area contributed by atoms with E-state index >= 15 is 0 Å². The third-order valence-electron chi connectivity index (χ3n) is 3.42. The van der Waals surface area contributed by atoms with Crippen LogP contribution in [0.3, 0.4) is 0 Å². The third kappa shape index (κ3) is 5.81. The molecular formula is C19H19F3N2O2. The number of alkyl halides is 3. The smallest absolute Gasteiger partial charge is 0.417 e. The Balaban J connectivity index is 2.92. The van der Waals surface area contributed by atoms with E-state index in [9.17, 15) is 18.0 Å². The summed E-state index contributed by atoms with van der Waals surface area (Å²) in [6.07, 6.45) is -0.638. The molecule has 1 N–H and O–H groups in total. The highest BCUT2D eigenvalue weighted by Crippen LogP contribution is 2.34. The highest BCUT2D eigenvalue weighted by molar-refractivity contribution is 5.81. The number of rotatable bonds is 8. The maximum atomic E-state index is 13.0. The van der Waals surface area contributed by atoms with Gasteiger partial charge in [0.15, 0.2) is 6.10 Å². The summed E-state index contributed by atoms with van der Waals surface area (Å²) in [5.41, 5.74) is -0.885. The highest BCUT2D eigenvalue weighted by Gasteiger charge is 2.34. The van der Waals surface area contributed by atoms with Crippen LogP contribution in [0, 0.1) is 11.3 Å². The van der Waals surface area contributed by atoms with Gasteiger partial charge in [0, 0.05) is 6.54 Å². The molecule has 26 heavy (non-hydrogen) atoms. The molecular weight excluding hydrogens is 345 g/mol. The van der Waals surface area contributed by atoms with Crippen molar-refractivity contribution in [2.45, 2.75) is 25.6 Å². The molecule has 0 radical (unpaired) electrons. The standard InChI is InChI=1S/C19H19F3N2O2/c1-4-7-13(5-2)12-24-18(25)17(6-3)26-15-9-8-14(11-23)16(10-15)19(20,21)22/h4-5,7-10,17H,1-2,6,12H2,3H3,(H,24,25)/b13-7+.